The van der Waals surface area contributed by atoms with Gasteiger partial charge in [0.15, 0.2) is 0 Å². The van der Waals surface area contributed by atoms with E-state index in [4.69, 9.17) is 5.11 Å². The van der Waals surface area contributed by atoms with Crippen LogP contribution < -0.4 is 4.90 Å². The molecule has 0 unspecified atom stereocenters. The standard InChI is InChI=1S/C12H17N3O5/c1-8(2)14(4-3-5-16)11-10(12(17)18)6-9(7-13-11)15(19)20/h6-8,16H,3-5H2,1-2H3,(H,17,18). The minimum absolute atomic E-state index is 0.0292. The molecule has 0 bridgehead atoms. The lowest BCUT2D eigenvalue weighted by Gasteiger charge is -2.28. The number of aliphatic hydroxyl groups is 1. The second-order valence-electron chi connectivity index (χ2n) is 4.49. The molecule has 0 spiro atoms. The van der Waals surface area contributed by atoms with Crippen molar-refractivity contribution in [1.82, 2.24) is 4.98 Å². The maximum absolute atomic E-state index is 11.3. The first-order valence-corrected chi connectivity index (χ1v) is 6.13. The number of carboxylic acid groups (broad SMARTS) is 1. The molecule has 1 aromatic rings. The molecule has 0 fully saturated rings. The fourth-order valence-electron chi connectivity index (χ4n) is 1.78. The molecule has 8 heteroatoms. The van der Waals surface area contributed by atoms with Crippen LogP contribution in [0.3, 0.4) is 0 Å². The molecule has 0 aliphatic heterocycles. The van der Waals surface area contributed by atoms with Gasteiger partial charge in [0.25, 0.3) is 5.69 Å². The minimum atomic E-state index is -1.27. The van der Waals surface area contributed by atoms with Gasteiger partial charge in [-0.3, -0.25) is 10.1 Å². The van der Waals surface area contributed by atoms with Crippen molar-refractivity contribution >= 4 is 17.5 Å². The van der Waals surface area contributed by atoms with E-state index < -0.39 is 10.9 Å². The van der Waals surface area contributed by atoms with E-state index in [0.717, 1.165) is 12.3 Å². The van der Waals surface area contributed by atoms with E-state index in [-0.39, 0.29) is 29.7 Å². The number of carbonyl (C=O) groups is 1. The van der Waals surface area contributed by atoms with Crippen LogP contribution >= 0.6 is 0 Å². The Morgan fingerprint density at radius 1 is 1.55 bits per heavy atom. The molecular formula is C12H17N3O5. The van der Waals surface area contributed by atoms with E-state index in [1.807, 2.05) is 13.8 Å². The molecule has 0 atom stereocenters. The number of pyridine rings is 1. The number of aromatic carboxylic acids is 1. The van der Waals surface area contributed by atoms with Gasteiger partial charge in [-0.1, -0.05) is 0 Å². The van der Waals surface area contributed by atoms with Crippen LogP contribution in [0.25, 0.3) is 0 Å². The van der Waals surface area contributed by atoms with E-state index in [1.165, 1.54) is 0 Å². The molecule has 8 nitrogen and oxygen atoms in total. The number of aliphatic hydroxyl groups excluding tert-OH is 1. The fraction of sp³-hybridized carbons (Fsp3) is 0.500. The molecule has 0 aliphatic rings. The lowest BCUT2D eigenvalue weighted by molar-refractivity contribution is -0.385. The Balaban J connectivity index is 3.26. The minimum Gasteiger partial charge on any atom is -0.478 e. The van der Waals surface area contributed by atoms with Crippen LogP contribution in [0.4, 0.5) is 11.5 Å². The lowest BCUT2D eigenvalue weighted by atomic mass is 10.2. The van der Waals surface area contributed by atoms with Gasteiger partial charge in [0.05, 0.1) is 4.92 Å². The zero-order chi connectivity index (χ0) is 15.3. The third-order valence-electron chi connectivity index (χ3n) is 2.75. The summed E-state index contributed by atoms with van der Waals surface area (Å²) in [6.45, 7) is 4.09. The van der Waals surface area contributed by atoms with Crippen LogP contribution in [-0.2, 0) is 0 Å². The highest BCUT2D eigenvalue weighted by atomic mass is 16.6. The Morgan fingerprint density at radius 3 is 2.65 bits per heavy atom. The fourth-order valence-corrected chi connectivity index (χ4v) is 1.78. The van der Waals surface area contributed by atoms with Crippen molar-refractivity contribution in [1.29, 1.82) is 0 Å². The molecule has 0 aromatic carbocycles. The third kappa shape index (κ3) is 3.64. The van der Waals surface area contributed by atoms with Crippen molar-refractivity contribution in [2.75, 3.05) is 18.1 Å². The lowest BCUT2D eigenvalue weighted by Crippen LogP contribution is -2.34. The summed E-state index contributed by atoms with van der Waals surface area (Å²) in [5.41, 5.74) is -0.581. The smallest absolute Gasteiger partial charge is 0.339 e. The highest BCUT2D eigenvalue weighted by Gasteiger charge is 2.23. The number of rotatable bonds is 7. The SMILES string of the molecule is CC(C)N(CCCO)c1ncc([N+](=O)[O-])cc1C(=O)O. The second kappa shape index (κ2) is 6.80. The van der Waals surface area contributed by atoms with Gasteiger partial charge in [-0.05, 0) is 20.3 Å². The molecule has 0 aliphatic carbocycles. The van der Waals surface area contributed by atoms with Crippen LogP contribution in [0.5, 0.6) is 0 Å². The van der Waals surface area contributed by atoms with Crippen molar-refractivity contribution in [2.45, 2.75) is 26.3 Å². The molecule has 0 radical (unpaired) electrons. The Morgan fingerprint density at radius 2 is 2.20 bits per heavy atom. The molecule has 0 amide bonds. The quantitative estimate of drug-likeness (QED) is 0.571. The van der Waals surface area contributed by atoms with E-state index in [1.54, 1.807) is 4.90 Å². The summed E-state index contributed by atoms with van der Waals surface area (Å²) in [6.07, 6.45) is 1.49. The summed E-state index contributed by atoms with van der Waals surface area (Å²) < 4.78 is 0. The summed E-state index contributed by atoms with van der Waals surface area (Å²) in [4.78, 5) is 26.9. The molecule has 0 saturated carbocycles. The molecule has 1 heterocycles. The zero-order valence-corrected chi connectivity index (χ0v) is 11.3. The predicted molar refractivity (Wildman–Crippen MR) is 72.0 cm³/mol. The van der Waals surface area contributed by atoms with Gasteiger partial charge in [0.1, 0.15) is 17.6 Å². The Bertz CT molecular complexity index is 504. The van der Waals surface area contributed by atoms with E-state index in [9.17, 15) is 20.0 Å². The topological polar surface area (TPSA) is 117 Å². The molecule has 1 rings (SSSR count). The summed E-state index contributed by atoms with van der Waals surface area (Å²) in [5, 5.41) is 28.8. The number of nitrogens with zero attached hydrogens (tertiary/aromatic N) is 3. The van der Waals surface area contributed by atoms with Crippen molar-refractivity contribution in [3.63, 3.8) is 0 Å². The number of nitro groups is 1. The first kappa shape index (κ1) is 15.8. The molecule has 2 N–H and O–H groups in total. The van der Waals surface area contributed by atoms with Crippen LogP contribution in [-0.4, -0.2) is 45.3 Å². The number of aromatic nitrogens is 1. The summed E-state index contributed by atoms with van der Waals surface area (Å²) >= 11 is 0. The van der Waals surface area contributed by atoms with Crippen molar-refractivity contribution in [3.05, 3.63) is 27.9 Å². The Hall–Kier alpha value is -2.22. The van der Waals surface area contributed by atoms with Gasteiger partial charge >= 0.3 is 5.97 Å². The largest absolute Gasteiger partial charge is 0.478 e. The molecule has 110 valence electrons. The van der Waals surface area contributed by atoms with Crippen molar-refractivity contribution in [2.24, 2.45) is 0 Å². The number of hydrogen-bond donors (Lipinski definition) is 2. The van der Waals surface area contributed by atoms with Gasteiger partial charge in [-0.2, -0.15) is 0 Å². The third-order valence-corrected chi connectivity index (χ3v) is 2.75. The predicted octanol–water partition coefficient (Wildman–Crippen LogP) is 1.29. The maximum atomic E-state index is 11.3. The number of carboxylic acids is 1. The molecular weight excluding hydrogens is 266 g/mol. The summed E-state index contributed by atoms with van der Waals surface area (Å²) in [6, 6.07) is 0.951. The van der Waals surface area contributed by atoms with Gasteiger partial charge in [-0.15, -0.1) is 0 Å². The second-order valence-corrected chi connectivity index (χ2v) is 4.49. The molecule has 1 aromatic heterocycles. The molecule has 20 heavy (non-hydrogen) atoms. The van der Waals surface area contributed by atoms with Gasteiger partial charge in [0.2, 0.25) is 0 Å². The Kier molecular flexibility index (Phi) is 5.39. The van der Waals surface area contributed by atoms with Crippen LogP contribution in [0.1, 0.15) is 30.6 Å². The highest BCUT2D eigenvalue weighted by Crippen LogP contribution is 2.24. The highest BCUT2D eigenvalue weighted by molar-refractivity contribution is 5.94. The zero-order valence-electron chi connectivity index (χ0n) is 11.3. The maximum Gasteiger partial charge on any atom is 0.339 e. The first-order chi connectivity index (χ1) is 9.38. The Labute approximate surface area is 115 Å². The average molecular weight is 283 g/mol. The number of anilines is 1. The van der Waals surface area contributed by atoms with Crippen LogP contribution in [0.15, 0.2) is 12.3 Å². The monoisotopic (exact) mass is 283 g/mol. The van der Waals surface area contributed by atoms with Crippen LogP contribution in [0, 0.1) is 10.1 Å². The van der Waals surface area contributed by atoms with E-state index >= 15 is 0 Å². The van der Waals surface area contributed by atoms with Gasteiger partial charge < -0.3 is 15.1 Å². The summed E-state index contributed by atoms with van der Waals surface area (Å²) in [7, 11) is 0. The van der Waals surface area contributed by atoms with Crippen molar-refractivity contribution in [3.8, 4) is 0 Å². The average Bonchev–Trinajstić information content (AvgIpc) is 2.38. The van der Waals surface area contributed by atoms with E-state index in [2.05, 4.69) is 4.98 Å². The summed E-state index contributed by atoms with van der Waals surface area (Å²) in [5.74, 6) is -1.10. The normalized spacial score (nSPS) is 10.6. The van der Waals surface area contributed by atoms with E-state index in [0.29, 0.717) is 13.0 Å². The van der Waals surface area contributed by atoms with Crippen molar-refractivity contribution < 1.29 is 19.9 Å². The van der Waals surface area contributed by atoms with Gasteiger partial charge in [-0.25, -0.2) is 9.78 Å². The molecule has 0 saturated heterocycles. The van der Waals surface area contributed by atoms with Gasteiger partial charge in [0, 0.05) is 25.3 Å². The number of hydrogen-bond acceptors (Lipinski definition) is 6. The van der Waals surface area contributed by atoms with Crippen LogP contribution in [0.2, 0.25) is 0 Å². The first-order valence-electron chi connectivity index (χ1n) is 6.13.